The third-order valence-electron chi connectivity index (χ3n) is 3.25. The van der Waals surface area contributed by atoms with Crippen molar-refractivity contribution in [1.82, 2.24) is 15.3 Å². The number of nitrogens with zero attached hydrogens (tertiary/aromatic N) is 1. The highest BCUT2D eigenvalue weighted by Crippen LogP contribution is 2.31. The van der Waals surface area contributed by atoms with E-state index in [0.717, 1.165) is 6.42 Å². The molecule has 124 valence electrons. The molecule has 1 heterocycles. The van der Waals surface area contributed by atoms with E-state index in [1.54, 1.807) is 30.3 Å². The fourth-order valence-electron chi connectivity index (χ4n) is 2.04. The molecular formula is C16H18F3N3O. The van der Waals surface area contributed by atoms with E-state index < -0.39 is 17.9 Å². The van der Waals surface area contributed by atoms with E-state index in [9.17, 15) is 18.0 Å². The first-order valence-electron chi connectivity index (χ1n) is 7.30. The zero-order valence-electron chi connectivity index (χ0n) is 12.9. The fraction of sp³-hybridized carbons (Fsp3) is 0.375. The zero-order valence-corrected chi connectivity index (χ0v) is 12.9. The number of carbonyl (C=O) groups excluding carboxylic acids is 1. The molecule has 23 heavy (non-hydrogen) atoms. The van der Waals surface area contributed by atoms with Crippen LogP contribution in [0.2, 0.25) is 0 Å². The first-order valence-corrected chi connectivity index (χ1v) is 7.30. The number of hydrogen-bond acceptors (Lipinski definition) is 2. The van der Waals surface area contributed by atoms with Crippen LogP contribution >= 0.6 is 0 Å². The Hall–Kier alpha value is -2.31. The summed E-state index contributed by atoms with van der Waals surface area (Å²) in [7, 11) is 0. The minimum absolute atomic E-state index is 0.0000260. The van der Waals surface area contributed by atoms with Gasteiger partial charge in [-0.3, -0.25) is 4.79 Å². The Labute approximate surface area is 132 Å². The Kier molecular flexibility index (Phi) is 5.08. The summed E-state index contributed by atoms with van der Waals surface area (Å²) in [6.07, 6.45) is -3.90. The molecule has 1 aromatic heterocycles. The van der Waals surface area contributed by atoms with Gasteiger partial charge in [-0.05, 0) is 12.3 Å². The monoisotopic (exact) mass is 325 g/mol. The van der Waals surface area contributed by atoms with Crippen molar-refractivity contribution in [1.29, 1.82) is 0 Å². The molecule has 4 nitrogen and oxygen atoms in total. The molecule has 7 heteroatoms. The summed E-state index contributed by atoms with van der Waals surface area (Å²) in [5.41, 5.74) is 0.278. The van der Waals surface area contributed by atoms with E-state index in [4.69, 9.17) is 0 Å². The van der Waals surface area contributed by atoms with Gasteiger partial charge >= 0.3 is 6.18 Å². The molecule has 0 unspecified atom stereocenters. The lowest BCUT2D eigenvalue weighted by molar-refractivity contribution is -0.144. The van der Waals surface area contributed by atoms with E-state index in [2.05, 4.69) is 15.3 Å². The zero-order chi connectivity index (χ0) is 17.0. The van der Waals surface area contributed by atoms with Crippen molar-refractivity contribution in [2.24, 2.45) is 5.92 Å². The molecule has 0 aliphatic carbocycles. The number of alkyl halides is 3. The molecule has 2 N–H and O–H groups in total. The SMILES string of the molecule is CC(C)CCNC(=O)c1[nH]c(C(F)(F)F)nc1-c1ccccc1. The van der Waals surface area contributed by atoms with Crippen LogP contribution in [-0.2, 0) is 6.18 Å². The standard InChI is InChI=1S/C16H18F3N3O/c1-10(2)8-9-20-14(23)13-12(11-6-4-3-5-7-11)21-15(22-13)16(17,18)19/h3-7,10H,8-9H2,1-2H3,(H,20,23)(H,21,22). The van der Waals surface area contributed by atoms with Crippen LogP contribution in [0.4, 0.5) is 13.2 Å². The number of halogens is 3. The van der Waals surface area contributed by atoms with Crippen LogP contribution in [-0.4, -0.2) is 22.4 Å². The number of aromatic nitrogens is 2. The van der Waals surface area contributed by atoms with Crippen molar-refractivity contribution in [2.75, 3.05) is 6.54 Å². The largest absolute Gasteiger partial charge is 0.449 e. The third kappa shape index (κ3) is 4.34. The lowest BCUT2D eigenvalue weighted by Crippen LogP contribution is -2.26. The quantitative estimate of drug-likeness (QED) is 0.877. The second-order valence-electron chi connectivity index (χ2n) is 5.61. The first-order chi connectivity index (χ1) is 10.8. The first kappa shape index (κ1) is 17.1. The Bertz CT molecular complexity index is 663. The normalized spacial score (nSPS) is 11.7. The van der Waals surface area contributed by atoms with Crippen molar-refractivity contribution in [3.8, 4) is 11.3 Å². The molecule has 0 saturated carbocycles. The van der Waals surface area contributed by atoms with Crippen molar-refractivity contribution >= 4 is 5.91 Å². The number of amides is 1. The average Bonchev–Trinajstić information content (AvgIpc) is 2.93. The van der Waals surface area contributed by atoms with Crippen LogP contribution < -0.4 is 5.32 Å². The van der Waals surface area contributed by atoms with Gasteiger partial charge in [0.1, 0.15) is 11.4 Å². The van der Waals surface area contributed by atoms with Crippen LogP contribution in [0, 0.1) is 5.92 Å². The third-order valence-corrected chi connectivity index (χ3v) is 3.25. The second-order valence-corrected chi connectivity index (χ2v) is 5.61. The van der Waals surface area contributed by atoms with Gasteiger partial charge in [-0.15, -0.1) is 0 Å². The molecule has 2 rings (SSSR count). The molecule has 0 atom stereocenters. The molecule has 0 aliphatic heterocycles. The van der Waals surface area contributed by atoms with Gasteiger partial charge in [0.15, 0.2) is 0 Å². The van der Waals surface area contributed by atoms with Crippen LogP contribution in [0.15, 0.2) is 30.3 Å². The average molecular weight is 325 g/mol. The van der Waals surface area contributed by atoms with Crippen LogP contribution in [0.25, 0.3) is 11.3 Å². The molecular weight excluding hydrogens is 307 g/mol. The van der Waals surface area contributed by atoms with Crippen LogP contribution in [0.5, 0.6) is 0 Å². The summed E-state index contributed by atoms with van der Waals surface area (Å²) in [5.74, 6) is -1.38. The number of benzene rings is 1. The van der Waals surface area contributed by atoms with Gasteiger partial charge in [0.2, 0.25) is 5.82 Å². The fourth-order valence-corrected chi connectivity index (χ4v) is 2.04. The van der Waals surface area contributed by atoms with E-state index in [0.29, 0.717) is 18.0 Å². The predicted octanol–water partition coefficient (Wildman–Crippen LogP) is 3.87. The van der Waals surface area contributed by atoms with Gasteiger partial charge in [-0.2, -0.15) is 13.2 Å². The number of aromatic amines is 1. The molecule has 0 radical (unpaired) electrons. The molecule has 2 aromatic rings. The van der Waals surface area contributed by atoms with Gasteiger partial charge in [0.25, 0.3) is 5.91 Å². The van der Waals surface area contributed by atoms with Gasteiger partial charge in [0.05, 0.1) is 0 Å². The van der Waals surface area contributed by atoms with E-state index in [1.165, 1.54) is 0 Å². The number of hydrogen-bond donors (Lipinski definition) is 2. The molecule has 0 spiro atoms. The molecule has 0 aliphatic rings. The summed E-state index contributed by atoms with van der Waals surface area (Å²) in [5, 5.41) is 2.63. The highest BCUT2D eigenvalue weighted by atomic mass is 19.4. The molecule has 1 amide bonds. The van der Waals surface area contributed by atoms with Crippen molar-refractivity contribution < 1.29 is 18.0 Å². The number of nitrogens with one attached hydrogen (secondary N) is 2. The summed E-state index contributed by atoms with van der Waals surface area (Å²) < 4.78 is 38.7. The van der Waals surface area contributed by atoms with E-state index in [1.807, 2.05) is 13.8 Å². The second kappa shape index (κ2) is 6.85. The van der Waals surface area contributed by atoms with Crippen LogP contribution in [0.3, 0.4) is 0 Å². The molecule has 0 bridgehead atoms. The Morgan fingerprint density at radius 3 is 2.48 bits per heavy atom. The minimum Gasteiger partial charge on any atom is -0.351 e. The van der Waals surface area contributed by atoms with Gasteiger partial charge in [-0.1, -0.05) is 44.2 Å². The number of H-pyrrole nitrogens is 1. The van der Waals surface area contributed by atoms with Gasteiger partial charge in [-0.25, -0.2) is 4.98 Å². The number of imidazole rings is 1. The highest BCUT2D eigenvalue weighted by molar-refractivity contribution is 5.98. The van der Waals surface area contributed by atoms with E-state index >= 15 is 0 Å². The smallest absolute Gasteiger partial charge is 0.351 e. The highest BCUT2D eigenvalue weighted by Gasteiger charge is 2.36. The van der Waals surface area contributed by atoms with Crippen molar-refractivity contribution in [2.45, 2.75) is 26.4 Å². The Morgan fingerprint density at radius 2 is 1.91 bits per heavy atom. The molecule has 0 saturated heterocycles. The lowest BCUT2D eigenvalue weighted by Gasteiger charge is -2.07. The van der Waals surface area contributed by atoms with Crippen molar-refractivity contribution in [3.05, 3.63) is 41.9 Å². The summed E-state index contributed by atoms with van der Waals surface area (Å²) in [4.78, 5) is 17.9. The predicted molar refractivity (Wildman–Crippen MR) is 80.8 cm³/mol. The molecule has 0 fully saturated rings. The Morgan fingerprint density at radius 1 is 1.26 bits per heavy atom. The minimum atomic E-state index is -4.64. The maximum Gasteiger partial charge on any atom is 0.449 e. The van der Waals surface area contributed by atoms with Crippen LogP contribution in [0.1, 0.15) is 36.6 Å². The lowest BCUT2D eigenvalue weighted by atomic mass is 10.1. The maximum atomic E-state index is 12.9. The Balaban J connectivity index is 2.33. The topological polar surface area (TPSA) is 57.8 Å². The summed E-state index contributed by atoms with van der Waals surface area (Å²) >= 11 is 0. The summed E-state index contributed by atoms with van der Waals surface area (Å²) in [6, 6.07) is 8.32. The number of carbonyl (C=O) groups is 1. The number of rotatable bonds is 5. The van der Waals surface area contributed by atoms with Gasteiger partial charge in [0, 0.05) is 12.1 Å². The summed E-state index contributed by atoms with van der Waals surface area (Å²) in [6.45, 7) is 4.39. The van der Waals surface area contributed by atoms with Crippen molar-refractivity contribution in [3.63, 3.8) is 0 Å². The van der Waals surface area contributed by atoms with Gasteiger partial charge < -0.3 is 10.3 Å². The van der Waals surface area contributed by atoms with E-state index in [-0.39, 0.29) is 11.4 Å². The maximum absolute atomic E-state index is 12.9. The molecule has 1 aromatic carbocycles.